The zero-order valence-corrected chi connectivity index (χ0v) is 16.2. The van der Waals surface area contributed by atoms with E-state index in [9.17, 15) is 9.90 Å². The van der Waals surface area contributed by atoms with E-state index < -0.39 is 0 Å². The van der Waals surface area contributed by atoms with Gasteiger partial charge in [0.15, 0.2) is 0 Å². The normalized spacial score (nSPS) is 16.2. The van der Waals surface area contributed by atoms with Crippen LogP contribution in [0.15, 0.2) is 53.2 Å². The lowest BCUT2D eigenvalue weighted by molar-refractivity contribution is 0.0677. The minimum atomic E-state index is -0.109. The zero-order valence-electron chi connectivity index (χ0n) is 16.2. The number of hydrogen-bond acceptors (Lipinski definition) is 6. The van der Waals surface area contributed by atoms with Crippen molar-refractivity contribution in [1.29, 1.82) is 0 Å². The molecule has 0 aliphatic carbocycles. The van der Waals surface area contributed by atoms with Gasteiger partial charge in [0.1, 0.15) is 18.1 Å². The van der Waals surface area contributed by atoms with Crippen molar-refractivity contribution < 1.29 is 19.2 Å². The summed E-state index contributed by atoms with van der Waals surface area (Å²) in [5, 5.41) is 13.6. The van der Waals surface area contributed by atoms with Gasteiger partial charge >= 0.3 is 0 Å². The van der Waals surface area contributed by atoms with Crippen LogP contribution in [0.25, 0.3) is 11.3 Å². The van der Waals surface area contributed by atoms with E-state index in [-0.39, 0.29) is 25.2 Å². The van der Waals surface area contributed by atoms with E-state index in [1.165, 1.54) is 6.20 Å². The van der Waals surface area contributed by atoms with Crippen LogP contribution in [0.2, 0.25) is 0 Å². The molecule has 1 fully saturated rings. The van der Waals surface area contributed by atoms with Crippen LogP contribution in [0.1, 0.15) is 34.5 Å². The number of hydrogen-bond donors (Lipinski definition) is 1. The van der Waals surface area contributed by atoms with Crippen molar-refractivity contribution in [3.05, 3.63) is 65.5 Å². The Balaban J connectivity index is 1.44. The fraction of sp³-hybridized carbons (Fsp3) is 0.318. The largest absolute Gasteiger partial charge is 0.473 e. The first-order valence-corrected chi connectivity index (χ1v) is 9.68. The molecule has 1 aromatic carbocycles. The molecule has 4 rings (SSSR count). The molecular formula is C22H23N3O4. The number of carbonyl (C=O) groups is 1. The number of nitrogens with zero attached hydrogens (tertiary/aromatic N) is 3. The number of aliphatic hydroxyl groups excluding tert-OH is 1. The highest BCUT2D eigenvalue weighted by atomic mass is 16.5. The average Bonchev–Trinajstić information content (AvgIpc) is 3.39. The van der Waals surface area contributed by atoms with Crippen LogP contribution in [0, 0.1) is 6.92 Å². The topological polar surface area (TPSA) is 88.7 Å². The third kappa shape index (κ3) is 4.00. The molecule has 3 aromatic rings. The van der Waals surface area contributed by atoms with Gasteiger partial charge in [-0.3, -0.25) is 4.79 Å². The maximum atomic E-state index is 12.6. The number of rotatable bonds is 6. The molecule has 0 saturated carbocycles. The molecule has 1 saturated heterocycles. The third-order valence-electron chi connectivity index (χ3n) is 5.23. The standard InChI is InChI=1S/C22H23N3O4/c1-15-19(21(24-29-15)16-6-3-2-4-7-16)14-28-20-10-9-17(12-23-20)22(27)25-11-5-8-18(25)13-26/h2-4,6-7,9-10,12,18,26H,5,8,11,13-14H2,1H3/t18-/m0/s1. The highest BCUT2D eigenvalue weighted by molar-refractivity contribution is 5.94. The molecule has 29 heavy (non-hydrogen) atoms. The Morgan fingerprint density at radius 1 is 1.28 bits per heavy atom. The Morgan fingerprint density at radius 2 is 2.10 bits per heavy atom. The summed E-state index contributed by atoms with van der Waals surface area (Å²) in [5.41, 5.74) is 3.06. The lowest BCUT2D eigenvalue weighted by atomic mass is 10.1. The number of aryl methyl sites for hydroxylation is 1. The van der Waals surface area contributed by atoms with Crippen LogP contribution in [0.3, 0.4) is 0 Å². The minimum absolute atomic E-state index is 0.0117. The van der Waals surface area contributed by atoms with E-state index in [4.69, 9.17) is 9.26 Å². The number of aliphatic hydroxyl groups is 1. The first kappa shape index (κ1) is 19.1. The van der Waals surface area contributed by atoms with Crippen LogP contribution in [0.4, 0.5) is 0 Å². The van der Waals surface area contributed by atoms with Gasteiger partial charge in [-0.25, -0.2) is 4.98 Å². The lowest BCUT2D eigenvalue weighted by Crippen LogP contribution is -2.37. The number of likely N-dealkylation sites (tertiary alicyclic amines) is 1. The fourth-order valence-electron chi connectivity index (χ4n) is 3.58. The fourth-order valence-corrected chi connectivity index (χ4v) is 3.58. The van der Waals surface area contributed by atoms with Gasteiger partial charge in [-0.1, -0.05) is 35.5 Å². The van der Waals surface area contributed by atoms with E-state index in [2.05, 4.69) is 10.1 Å². The quantitative estimate of drug-likeness (QED) is 0.692. The molecule has 1 aliphatic heterocycles. The van der Waals surface area contributed by atoms with E-state index in [0.29, 0.717) is 23.7 Å². The lowest BCUT2D eigenvalue weighted by Gasteiger charge is -2.22. The third-order valence-corrected chi connectivity index (χ3v) is 5.23. The summed E-state index contributed by atoms with van der Waals surface area (Å²) in [6, 6.07) is 13.1. The summed E-state index contributed by atoms with van der Waals surface area (Å²) in [4.78, 5) is 18.6. The molecule has 3 heterocycles. The summed E-state index contributed by atoms with van der Waals surface area (Å²) in [5.74, 6) is 1.00. The van der Waals surface area contributed by atoms with Crippen molar-refractivity contribution >= 4 is 5.91 Å². The Labute approximate surface area is 168 Å². The summed E-state index contributed by atoms with van der Waals surface area (Å²) in [6.45, 7) is 2.76. The van der Waals surface area contributed by atoms with Gasteiger partial charge in [0.25, 0.3) is 5.91 Å². The molecule has 150 valence electrons. The Morgan fingerprint density at radius 3 is 2.83 bits per heavy atom. The molecule has 0 spiro atoms. The van der Waals surface area contributed by atoms with Crippen molar-refractivity contribution in [2.24, 2.45) is 0 Å². The van der Waals surface area contributed by atoms with Crippen LogP contribution in [0.5, 0.6) is 5.88 Å². The van der Waals surface area contributed by atoms with Crippen LogP contribution < -0.4 is 4.74 Å². The van der Waals surface area contributed by atoms with Gasteiger partial charge in [0.05, 0.1) is 23.8 Å². The number of amides is 1. The van der Waals surface area contributed by atoms with Crippen LogP contribution >= 0.6 is 0 Å². The van der Waals surface area contributed by atoms with Crippen molar-refractivity contribution in [2.75, 3.05) is 13.2 Å². The molecule has 7 heteroatoms. The molecule has 0 radical (unpaired) electrons. The predicted octanol–water partition coefficient (Wildman–Crippen LogP) is 3.22. The molecule has 2 aromatic heterocycles. The monoisotopic (exact) mass is 393 g/mol. The maximum absolute atomic E-state index is 12.6. The van der Waals surface area contributed by atoms with Crippen molar-refractivity contribution in [2.45, 2.75) is 32.4 Å². The van der Waals surface area contributed by atoms with Gasteiger partial charge in [0.2, 0.25) is 5.88 Å². The number of benzene rings is 1. The van der Waals surface area contributed by atoms with E-state index in [0.717, 1.165) is 29.7 Å². The van der Waals surface area contributed by atoms with Crippen LogP contribution in [-0.2, 0) is 6.61 Å². The van der Waals surface area contributed by atoms with Gasteiger partial charge in [0, 0.05) is 24.4 Å². The molecule has 7 nitrogen and oxygen atoms in total. The minimum Gasteiger partial charge on any atom is -0.473 e. The van der Waals surface area contributed by atoms with E-state index in [1.54, 1.807) is 17.0 Å². The second kappa shape index (κ2) is 8.45. The van der Waals surface area contributed by atoms with Gasteiger partial charge in [-0.05, 0) is 25.8 Å². The second-order valence-electron chi connectivity index (χ2n) is 7.08. The Hall–Kier alpha value is -3.19. The summed E-state index contributed by atoms with van der Waals surface area (Å²) in [6.07, 6.45) is 3.26. The van der Waals surface area contributed by atoms with Gasteiger partial charge in [-0.2, -0.15) is 0 Å². The summed E-state index contributed by atoms with van der Waals surface area (Å²) in [7, 11) is 0. The summed E-state index contributed by atoms with van der Waals surface area (Å²) >= 11 is 0. The van der Waals surface area contributed by atoms with Gasteiger partial charge < -0.3 is 19.3 Å². The molecule has 0 unspecified atom stereocenters. The highest BCUT2D eigenvalue weighted by Crippen LogP contribution is 2.26. The Kier molecular flexibility index (Phi) is 5.57. The van der Waals surface area contributed by atoms with Gasteiger partial charge in [-0.15, -0.1) is 0 Å². The maximum Gasteiger partial charge on any atom is 0.255 e. The molecule has 0 bridgehead atoms. The number of aromatic nitrogens is 2. The zero-order chi connectivity index (χ0) is 20.2. The molecule has 1 N–H and O–H groups in total. The Bertz CT molecular complexity index is 969. The molecule has 1 aliphatic rings. The predicted molar refractivity (Wildman–Crippen MR) is 106 cm³/mol. The van der Waals surface area contributed by atoms with Crippen molar-refractivity contribution in [1.82, 2.24) is 15.0 Å². The number of carbonyl (C=O) groups excluding carboxylic acids is 1. The SMILES string of the molecule is Cc1onc(-c2ccccc2)c1COc1ccc(C(=O)N2CCC[C@H]2CO)cn1. The molecule has 1 amide bonds. The molecule has 1 atom stereocenters. The van der Waals surface area contributed by atoms with Crippen LogP contribution in [-0.4, -0.2) is 45.2 Å². The molecular weight excluding hydrogens is 370 g/mol. The van der Waals surface area contributed by atoms with Crippen molar-refractivity contribution in [3.63, 3.8) is 0 Å². The number of ether oxygens (including phenoxy) is 1. The second-order valence-corrected chi connectivity index (χ2v) is 7.08. The number of pyridine rings is 1. The smallest absolute Gasteiger partial charge is 0.255 e. The first-order valence-electron chi connectivity index (χ1n) is 9.68. The van der Waals surface area contributed by atoms with E-state index >= 15 is 0 Å². The average molecular weight is 393 g/mol. The van der Waals surface area contributed by atoms with Crippen molar-refractivity contribution in [3.8, 4) is 17.1 Å². The first-order chi connectivity index (χ1) is 14.2. The highest BCUT2D eigenvalue weighted by Gasteiger charge is 2.28. The summed E-state index contributed by atoms with van der Waals surface area (Å²) < 4.78 is 11.2. The van der Waals surface area contributed by atoms with E-state index in [1.807, 2.05) is 37.3 Å².